The molecular formula is C14H17NO5. The van der Waals surface area contributed by atoms with E-state index in [0.29, 0.717) is 19.0 Å². The lowest BCUT2D eigenvalue weighted by Gasteiger charge is -2.30. The molecule has 0 bridgehead atoms. The second-order valence-electron chi connectivity index (χ2n) is 5.26. The van der Waals surface area contributed by atoms with E-state index in [1.54, 1.807) is 12.1 Å². The van der Waals surface area contributed by atoms with E-state index < -0.39 is 11.9 Å². The number of carboxylic acids is 1. The minimum absolute atomic E-state index is 0.0147. The average molecular weight is 279 g/mol. The van der Waals surface area contributed by atoms with E-state index in [1.165, 1.54) is 0 Å². The van der Waals surface area contributed by atoms with Crippen molar-refractivity contribution in [3.8, 4) is 11.5 Å². The third-order valence-corrected chi connectivity index (χ3v) is 4.14. The molecule has 1 saturated heterocycles. The van der Waals surface area contributed by atoms with Gasteiger partial charge >= 0.3 is 5.97 Å². The van der Waals surface area contributed by atoms with Crippen molar-refractivity contribution in [2.45, 2.75) is 12.1 Å². The van der Waals surface area contributed by atoms with Gasteiger partial charge in [-0.2, -0.15) is 0 Å². The number of hydrogen-bond donors (Lipinski definition) is 2. The maximum Gasteiger partial charge on any atom is 0.310 e. The van der Waals surface area contributed by atoms with Gasteiger partial charge in [0.25, 0.3) is 0 Å². The molecule has 3 atom stereocenters. The van der Waals surface area contributed by atoms with Crippen LogP contribution >= 0.6 is 0 Å². The van der Waals surface area contributed by atoms with E-state index in [-0.39, 0.29) is 24.4 Å². The largest absolute Gasteiger partial charge is 0.508 e. The number of fused-ring (bicyclic) bond motifs is 1. The molecule has 0 radical (unpaired) electrons. The second-order valence-corrected chi connectivity index (χ2v) is 5.26. The molecule has 6 heteroatoms. The Balaban J connectivity index is 1.83. The summed E-state index contributed by atoms with van der Waals surface area (Å²) in [5.74, 6) is -0.516. The molecule has 2 N–H and O–H groups in total. The Morgan fingerprint density at radius 2 is 2.15 bits per heavy atom. The Hall–Kier alpha value is -1.79. The standard InChI is InChI=1S/C14H17NO5/c1-15(11-6-19-5-10(11)14(17)18)12-7-20-13-4-8(16)2-3-9(12)13/h2-4,10-12,16H,5-7H2,1H3,(H,17,18). The number of hydrogen-bond acceptors (Lipinski definition) is 5. The number of carbonyl (C=O) groups is 1. The van der Waals surface area contributed by atoms with Gasteiger partial charge in [-0.1, -0.05) is 0 Å². The van der Waals surface area contributed by atoms with Crippen LogP contribution in [0.1, 0.15) is 11.6 Å². The highest BCUT2D eigenvalue weighted by molar-refractivity contribution is 5.71. The number of benzene rings is 1. The normalized spacial score (nSPS) is 28.4. The van der Waals surface area contributed by atoms with Crippen molar-refractivity contribution < 1.29 is 24.5 Å². The maximum atomic E-state index is 11.3. The first-order chi connectivity index (χ1) is 9.58. The molecule has 20 heavy (non-hydrogen) atoms. The predicted molar refractivity (Wildman–Crippen MR) is 69.8 cm³/mol. The van der Waals surface area contributed by atoms with Gasteiger partial charge in [0.1, 0.15) is 18.1 Å². The van der Waals surface area contributed by atoms with Crippen LogP contribution in [0.2, 0.25) is 0 Å². The van der Waals surface area contributed by atoms with Crippen molar-refractivity contribution in [1.29, 1.82) is 0 Å². The van der Waals surface area contributed by atoms with Crippen LogP contribution < -0.4 is 4.74 Å². The van der Waals surface area contributed by atoms with Crippen LogP contribution in [0.3, 0.4) is 0 Å². The van der Waals surface area contributed by atoms with Gasteiger partial charge in [0, 0.05) is 17.7 Å². The SMILES string of the molecule is CN(C1COc2cc(O)ccc21)C1COCC1C(=O)O. The van der Waals surface area contributed by atoms with Crippen LogP contribution in [0, 0.1) is 5.92 Å². The van der Waals surface area contributed by atoms with E-state index in [2.05, 4.69) is 0 Å². The van der Waals surface area contributed by atoms with Gasteiger partial charge in [-0.3, -0.25) is 9.69 Å². The first kappa shape index (κ1) is 13.2. The Bertz CT molecular complexity index is 532. The highest BCUT2D eigenvalue weighted by Crippen LogP contribution is 2.39. The van der Waals surface area contributed by atoms with Crippen molar-refractivity contribution in [2.75, 3.05) is 26.9 Å². The summed E-state index contributed by atoms with van der Waals surface area (Å²) < 4.78 is 10.9. The molecule has 0 aromatic heterocycles. The van der Waals surface area contributed by atoms with E-state index >= 15 is 0 Å². The smallest absolute Gasteiger partial charge is 0.310 e. The fourth-order valence-corrected chi connectivity index (χ4v) is 2.93. The van der Waals surface area contributed by atoms with Crippen LogP contribution in [0.4, 0.5) is 0 Å². The summed E-state index contributed by atoms with van der Waals surface area (Å²) in [5, 5.41) is 18.7. The molecule has 0 amide bonds. The topological polar surface area (TPSA) is 79.2 Å². The molecule has 3 unspecified atom stereocenters. The van der Waals surface area contributed by atoms with Crippen LogP contribution in [0.15, 0.2) is 18.2 Å². The quantitative estimate of drug-likeness (QED) is 0.854. The summed E-state index contributed by atoms with van der Waals surface area (Å²) in [5.41, 5.74) is 0.973. The van der Waals surface area contributed by atoms with Gasteiger partial charge in [-0.05, 0) is 19.2 Å². The second kappa shape index (κ2) is 4.96. The lowest BCUT2D eigenvalue weighted by Crippen LogP contribution is -2.43. The van der Waals surface area contributed by atoms with Crippen molar-refractivity contribution in [1.82, 2.24) is 4.90 Å². The zero-order valence-corrected chi connectivity index (χ0v) is 11.2. The van der Waals surface area contributed by atoms with E-state index in [4.69, 9.17) is 9.47 Å². The van der Waals surface area contributed by atoms with Crippen LogP contribution in [0.5, 0.6) is 11.5 Å². The molecule has 3 rings (SSSR count). The fraction of sp³-hybridized carbons (Fsp3) is 0.500. The highest BCUT2D eigenvalue weighted by atomic mass is 16.5. The van der Waals surface area contributed by atoms with Crippen LogP contribution in [-0.2, 0) is 9.53 Å². The first-order valence-corrected chi connectivity index (χ1v) is 6.56. The third-order valence-electron chi connectivity index (χ3n) is 4.14. The summed E-state index contributed by atoms with van der Waals surface area (Å²) in [4.78, 5) is 13.3. The van der Waals surface area contributed by atoms with Crippen molar-refractivity contribution in [3.63, 3.8) is 0 Å². The maximum absolute atomic E-state index is 11.3. The van der Waals surface area contributed by atoms with Crippen molar-refractivity contribution in [2.24, 2.45) is 5.92 Å². The number of phenolic OH excluding ortho intramolecular Hbond substituents is 1. The number of aromatic hydroxyl groups is 1. The number of rotatable bonds is 3. The van der Waals surface area contributed by atoms with Gasteiger partial charge in [0.05, 0.1) is 25.2 Å². The molecule has 2 heterocycles. The monoisotopic (exact) mass is 279 g/mol. The zero-order chi connectivity index (χ0) is 14.3. The van der Waals surface area contributed by atoms with E-state index in [0.717, 1.165) is 5.56 Å². The van der Waals surface area contributed by atoms with E-state index in [1.807, 2.05) is 18.0 Å². The number of aliphatic carboxylic acids is 1. The molecule has 108 valence electrons. The Morgan fingerprint density at radius 1 is 1.35 bits per heavy atom. The summed E-state index contributed by atoms with van der Waals surface area (Å²) in [6.45, 7) is 1.12. The van der Waals surface area contributed by atoms with Crippen molar-refractivity contribution in [3.05, 3.63) is 23.8 Å². The molecule has 6 nitrogen and oxygen atoms in total. The molecule has 0 spiro atoms. The van der Waals surface area contributed by atoms with E-state index in [9.17, 15) is 15.0 Å². The van der Waals surface area contributed by atoms with Gasteiger partial charge in [0.2, 0.25) is 0 Å². The minimum Gasteiger partial charge on any atom is -0.508 e. The number of phenols is 1. The molecule has 1 fully saturated rings. The average Bonchev–Trinajstić information content (AvgIpc) is 3.03. The lowest BCUT2D eigenvalue weighted by molar-refractivity contribution is -0.143. The van der Waals surface area contributed by atoms with Gasteiger partial charge in [0.15, 0.2) is 0 Å². The molecule has 2 aliphatic rings. The lowest BCUT2D eigenvalue weighted by atomic mass is 9.99. The zero-order valence-electron chi connectivity index (χ0n) is 11.2. The molecular weight excluding hydrogens is 262 g/mol. The molecule has 1 aromatic rings. The minimum atomic E-state index is -0.829. The number of carboxylic acid groups (broad SMARTS) is 1. The van der Waals surface area contributed by atoms with Gasteiger partial charge in [-0.25, -0.2) is 0 Å². The summed E-state index contributed by atoms with van der Waals surface area (Å²) in [7, 11) is 1.89. The number of ether oxygens (including phenoxy) is 2. The molecule has 2 aliphatic heterocycles. The molecule has 0 saturated carbocycles. The third kappa shape index (κ3) is 2.10. The van der Waals surface area contributed by atoms with Gasteiger partial charge in [-0.15, -0.1) is 0 Å². The molecule has 1 aromatic carbocycles. The van der Waals surface area contributed by atoms with Gasteiger partial charge < -0.3 is 19.7 Å². The van der Waals surface area contributed by atoms with Crippen molar-refractivity contribution >= 4 is 5.97 Å². The Morgan fingerprint density at radius 3 is 2.90 bits per heavy atom. The summed E-state index contributed by atoms with van der Waals surface area (Å²) in [6, 6.07) is 4.85. The number of nitrogens with zero attached hydrogens (tertiary/aromatic N) is 1. The summed E-state index contributed by atoms with van der Waals surface area (Å²) >= 11 is 0. The Labute approximate surface area is 116 Å². The summed E-state index contributed by atoms with van der Waals surface area (Å²) in [6.07, 6.45) is 0. The highest BCUT2D eigenvalue weighted by Gasteiger charge is 2.41. The predicted octanol–water partition coefficient (Wildman–Crippen LogP) is 0.857. The molecule has 0 aliphatic carbocycles. The van der Waals surface area contributed by atoms with Crippen LogP contribution in [0.25, 0.3) is 0 Å². The first-order valence-electron chi connectivity index (χ1n) is 6.56. The number of likely N-dealkylation sites (N-methyl/N-ethyl adjacent to an activating group) is 1. The van der Waals surface area contributed by atoms with Crippen LogP contribution in [-0.4, -0.2) is 54.0 Å². The fourth-order valence-electron chi connectivity index (χ4n) is 2.93. The Kier molecular flexibility index (Phi) is 3.27.